The molecule has 1 N–H and O–H groups in total. The maximum atomic E-state index is 3.56. The topological polar surface area (TPSA) is 18.5 Å². The molecule has 2 rings (SSSR count). The normalized spacial score (nSPS) is 28.5. The van der Waals surface area contributed by atoms with Crippen molar-refractivity contribution in [2.75, 3.05) is 45.8 Å². The zero-order valence-corrected chi connectivity index (χ0v) is 14.1. The zero-order valence-electron chi connectivity index (χ0n) is 14.1. The Bertz CT molecular complexity index is 270. The fraction of sp³-hybridized carbons (Fsp3) is 1.00. The molecule has 20 heavy (non-hydrogen) atoms. The number of piperidine rings is 1. The molecule has 2 fully saturated rings. The van der Waals surface area contributed by atoms with Crippen molar-refractivity contribution in [2.45, 2.75) is 52.5 Å². The molecule has 2 aliphatic heterocycles. The summed E-state index contributed by atoms with van der Waals surface area (Å²) in [6.07, 6.45) is 4.19. The van der Waals surface area contributed by atoms with Crippen LogP contribution in [-0.2, 0) is 0 Å². The van der Waals surface area contributed by atoms with Gasteiger partial charge in [0.15, 0.2) is 0 Å². The van der Waals surface area contributed by atoms with Gasteiger partial charge in [-0.15, -0.1) is 0 Å². The quantitative estimate of drug-likeness (QED) is 0.854. The van der Waals surface area contributed by atoms with E-state index in [0.29, 0.717) is 5.54 Å². The zero-order chi connectivity index (χ0) is 14.6. The maximum Gasteiger partial charge on any atom is 0.0126 e. The highest BCUT2D eigenvalue weighted by atomic mass is 15.3. The minimum absolute atomic E-state index is 0.340. The van der Waals surface area contributed by atoms with E-state index < -0.39 is 0 Å². The Kier molecular flexibility index (Phi) is 5.88. The van der Waals surface area contributed by atoms with Gasteiger partial charge in [-0.25, -0.2) is 0 Å². The van der Waals surface area contributed by atoms with Gasteiger partial charge in [0.2, 0.25) is 0 Å². The molecule has 0 aromatic carbocycles. The van der Waals surface area contributed by atoms with Crippen LogP contribution in [0.1, 0.15) is 47.0 Å². The molecular formula is C17H35N3. The summed E-state index contributed by atoms with van der Waals surface area (Å²) in [4.78, 5) is 5.30. The third kappa shape index (κ3) is 4.71. The van der Waals surface area contributed by atoms with Gasteiger partial charge < -0.3 is 10.2 Å². The first kappa shape index (κ1) is 16.3. The summed E-state index contributed by atoms with van der Waals surface area (Å²) in [7, 11) is 0. The van der Waals surface area contributed by atoms with E-state index in [9.17, 15) is 0 Å². The van der Waals surface area contributed by atoms with E-state index in [4.69, 9.17) is 0 Å². The Balaban J connectivity index is 1.65. The van der Waals surface area contributed by atoms with Gasteiger partial charge in [-0.1, -0.05) is 6.92 Å². The lowest BCUT2D eigenvalue weighted by atomic mass is 9.85. The minimum atomic E-state index is 0.340. The van der Waals surface area contributed by atoms with Crippen molar-refractivity contribution >= 4 is 0 Å². The third-order valence-electron chi connectivity index (χ3n) is 5.36. The van der Waals surface area contributed by atoms with Crippen LogP contribution >= 0.6 is 0 Å². The fourth-order valence-corrected chi connectivity index (χ4v) is 3.63. The first-order chi connectivity index (χ1) is 9.47. The molecule has 0 bridgehead atoms. The Hall–Kier alpha value is -0.120. The van der Waals surface area contributed by atoms with E-state index >= 15 is 0 Å². The van der Waals surface area contributed by atoms with Gasteiger partial charge in [0.1, 0.15) is 0 Å². The molecule has 0 aliphatic carbocycles. The van der Waals surface area contributed by atoms with E-state index in [0.717, 1.165) is 11.8 Å². The van der Waals surface area contributed by atoms with Crippen molar-refractivity contribution in [1.82, 2.24) is 15.1 Å². The molecule has 2 aliphatic rings. The van der Waals surface area contributed by atoms with Crippen molar-refractivity contribution in [3.8, 4) is 0 Å². The first-order valence-electron chi connectivity index (χ1n) is 8.65. The van der Waals surface area contributed by atoms with Crippen LogP contribution in [0.25, 0.3) is 0 Å². The highest BCUT2D eigenvalue weighted by molar-refractivity contribution is 4.82. The molecule has 2 saturated heterocycles. The van der Waals surface area contributed by atoms with E-state index in [1.165, 1.54) is 65.1 Å². The van der Waals surface area contributed by atoms with Crippen LogP contribution in [0.3, 0.4) is 0 Å². The molecule has 2 atom stereocenters. The summed E-state index contributed by atoms with van der Waals surface area (Å²) in [6.45, 7) is 18.2. The predicted molar refractivity (Wildman–Crippen MR) is 87.1 cm³/mol. The van der Waals surface area contributed by atoms with Gasteiger partial charge in [-0.3, -0.25) is 4.90 Å². The lowest BCUT2D eigenvalue weighted by molar-refractivity contribution is 0.0584. The first-order valence-corrected chi connectivity index (χ1v) is 8.65. The molecule has 0 amide bonds. The summed E-state index contributed by atoms with van der Waals surface area (Å²) in [5, 5.41) is 3.56. The van der Waals surface area contributed by atoms with Crippen LogP contribution in [-0.4, -0.2) is 61.2 Å². The molecule has 3 nitrogen and oxygen atoms in total. The highest BCUT2D eigenvalue weighted by Gasteiger charge is 2.26. The minimum Gasteiger partial charge on any atom is -0.316 e. The second kappa shape index (κ2) is 7.24. The number of hydrogen-bond donors (Lipinski definition) is 1. The van der Waals surface area contributed by atoms with Crippen molar-refractivity contribution in [2.24, 2.45) is 11.8 Å². The van der Waals surface area contributed by atoms with Gasteiger partial charge in [0.25, 0.3) is 0 Å². The summed E-state index contributed by atoms with van der Waals surface area (Å²) in [5.41, 5.74) is 0.340. The Morgan fingerprint density at radius 2 is 1.85 bits per heavy atom. The van der Waals surface area contributed by atoms with Gasteiger partial charge in [0, 0.05) is 31.7 Å². The van der Waals surface area contributed by atoms with Crippen molar-refractivity contribution in [1.29, 1.82) is 0 Å². The van der Waals surface area contributed by atoms with E-state index in [1.54, 1.807) is 0 Å². The number of nitrogens with one attached hydrogen (secondary N) is 1. The van der Waals surface area contributed by atoms with Gasteiger partial charge in [0.05, 0.1) is 0 Å². The Labute approximate surface area is 126 Å². The van der Waals surface area contributed by atoms with E-state index in [1.807, 2.05) is 0 Å². The second-order valence-corrected chi connectivity index (χ2v) is 7.87. The van der Waals surface area contributed by atoms with E-state index in [2.05, 4.69) is 42.8 Å². The van der Waals surface area contributed by atoms with Crippen LogP contribution in [0.15, 0.2) is 0 Å². The number of piperazine rings is 1. The van der Waals surface area contributed by atoms with Gasteiger partial charge >= 0.3 is 0 Å². The smallest absolute Gasteiger partial charge is 0.0126 e. The van der Waals surface area contributed by atoms with Crippen LogP contribution < -0.4 is 5.32 Å². The number of nitrogens with zero attached hydrogens (tertiary/aromatic N) is 2. The average Bonchev–Trinajstić information content (AvgIpc) is 2.45. The van der Waals surface area contributed by atoms with Crippen molar-refractivity contribution < 1.29 is 0 Å². The average molecular weight is 281 g/mol. The molecule has 2 heterocycles. The van der Waals surface area contributed by atoms with Crippen LogP contribution in [0.4, 0.5) is 0 Å². The molecule has 2 unspecified atom stereocenters. The number of hydrogen-bond acceptors (Lipinski definition) is 3. The predicted octanol–water partition coefficient (Wildman–Crippen LogP) is 2.43. The second-order valence-electron chi connectivity index (χ2n) is 7.87. The monoisotopic (exact) mass is 281 g/mol. The molecule has 0 spiro atoms. The molecule has 118 valence electrons. The summed E-state index contributed by atoms with van der Waals surface area (Å²) in [6, 6.07) is 0. The SMILES string of the molecule is CC(CCN1CCN(C(C)(C)C)CC1)C1CCCNC1. The maximum absolute atomic E-state index is 3.56. The van der Waals surface area contributed by atoms with E-state index in [-0.39, 0.29) is 0 Å². The Morgan fingerprint density at radius 1 is 1.15 bits per heavy atom. The molecule has 3 heteroatoms. The number of rotatable bonds is 4. The summed E-state index contributed by atoms with van der Waals surface area (Å²) in [5.74, 6) is 1.79. The highest BCUT2D eigenvalue weighted by Crippen LogP contribution is 2.23. The van der Waals surface area contributed by atoms with Crippen LogP contribution in [0, 0.1) is 11.8 Å². The largest absolute Gasteiger partial charge is 0.316 e. The van der Waals surface area contributed by atoms with Gasteiger partial charge in [-0.2, -0.15) is 0 Å². The lowest BCUT2D eigenvalue weighted by Crippen LogP contribution is -2.53. The van der Waals surface area contributed by atoms with Crippen LogP contribution in [0.2, 0.25) is 0 Å². The molecular weight excluding hydrogens is 246 g/mol. The fourth-order valence-electron chi connectivity index (χ4n) is 3.63. The molecule has 0 radical (unpaired) electrons. The molecule has 0 saturated carbocycles. The lowest BCUT2D eigenvalue weighted by Gasteiger charge is -2.42. The molecule has 0 aromatic heterocycles. The van der Waals surface area contributed by atoms with Crippen molar-refractivity contribution in [3.63, 3.8) is 0 Å². The third-order valence-corrected chi connectivity index (χ3v) is 5.36. The Morgan fingerprint density at radius 3 is 2.40 bits per heavy atom. The summed E-state index contributed by atoms with van der Waals surface area (Å²) < 4.78 is 0. The van der Waals surface area contributed by atoms with Gasteiger partial charge in [-0.05, 0) is 71.5 Å². The van der Waals surface area contributed by atoms with Crippen LogP contribution in [0.5, 0.6) is 0 Å². The standard InChI is InChI=1S/C17H35N3/c1-15(16-6-5-8-18-14-16)7-9-19-10-12-20(13-11-19)17(2,3)4/h15-16,18H,5-14H2,1-4H3. The molecule has 0 aromatic rings. The van der Waals surface area contributed by atoms with Crippen molar-refractivity contribution in [3.05, 3.63) is 0 Å². The summed E-state index contributed by atoms with van der Waals surface area (Å²) >= 11 is 0.